The van der Waals surface area contributed by atoms with Crippen LogP contribution in [-0.2, 0) is 0 Å². The highest BCUT2D eigenvalue weighted by Crippen LogP contribution is 2.36. The van der Waals surface area contributed by atoms with Crippen LogP contribution in [0.2, 0.25) is 5.15 Å². The van der Waals surface area contributed by atoms with Crippen molar-refractivity contribution in [1.29, 1.82) is 0 Å². The molecule has 0 atom stereocenters. The van der Waals surface area contributed by atoms with Crippen LogP contribution in [0.4, 0.5) is 5.82 Å². The number of halogens is 1. The zero-order chi connectivity index (χ0) is 11.4. The van der Waals surface area contributed by atoms with E-state index in [1.807, 2.05) is 0 Å². The van der Waals surface area contributed by atoms with Gasteiger partial charge >= 0.3 is 0 Å². The summed E-state index contributed by atoms with van der Waals surface area (Å²) in [7, 11) is 0. The molecular weight excluding hydrogens is 246 g/mol. The number of nitrogens with zero attached hydrogens (tertiary/aromatic N) is 2. The van der Waals surface area contributed by atoms with Gasteiger partial charge in [-0.3, -0.25) is 0 Å². The van der Waals surface area contributed by atoms with E-state index in [1.165, 1.54) is 19.3 Å². The maximum atomic E-state index is 9.53. The third-order valence-corrected chi connectivity index (χ3v) is 4.22. The van der Waals surface area contributed by atoms with Crippen LogP contribution in [0.25, 0.3) is 0 Å². The molecule has 0 amide bonds. The number of aromatic nitrogens is 2. The van der Waals surface area contributed by atoms with Crippen molar-refractivity contribution < 1.29 is 5.11 Å². The first-order chi connectivity index (χ1) is 7.76. The molecule has 0 spiro atoms. The number of rotatable bonds is 4. The lowest BCUT2D eigenvalue weighted by Gasteiger charge is -2.35. The van der Waals surface area contributed by atoms with E-state index in [2.05, 4.69) is 14.1 Å². The van der Waals surface area contributed by atoms with Crippen molar-refractivity contribution >= 4 is 29.1 Å². The van der Waals surface area contributed by atoms with Gasteiger partial charge in [-0.15, -0.1) is 0 Å². The van der Waals surface area contributed by atoms with E-state index in [4.69, 9.17) is 11.6 Å². The Hall–Kier alpha value is -0.390. The third kappa shape index (κ3) is 2.64. The summed E-state index contributed by atoms with van der Waals surface area (Å²) in [6.07, 6.45) is 5.83. The summed E-state index contributed by atoms with van der Waals surface area (Å²) in [5, 5.41) is 13.2. The minimum Gasteiger partial charge on any atom is -0.396 e. The van der Waals surface area contributed by atoms with Gasteiger partial charge in [0, 0.05) is 12.0 Å². The SMILES string of the molecule is OCC1(CNc2nsnc2Cl)CCCCC1. The van der Waals surface area contributed by atoms with Gasteiger partial charge in [-0.05, 0) is 12.8 Å². The minimum absolute atomic E-state index is 0.00515. The zero-order valence-corrected chi connectivity index (χ0v) is 10.7. The second kappa shape index (κ2) is 5.29. The molecule has 1 aliphatic rings. The summed E-state index contributed by atoms with van der Waals surface area (Å²) < 4.78 is 7.97. The van der Waals surface area contributed by atoms with Crippen LogP contribution in [-0.4, -0.2) is 27.0 Å². The normalized spacial score (nSPS) is 19.6. The third-order valence-electron chi connectivity index (χ3n) is 3.33. The van der Waals surface area contributed by atoms with Crippen molar-refractivity contribution in [3.05, 3.63) is 5.15 Å². The average Bonchev–Trinajstić information content (AvgIpc) is 2.74. The van der Waals surface area contributed by atoms with E-state index in [9.17, 15) is 5.11 Å². The lowest BCUT2D eigenvalue weighted by Crippen LogP contribution is -2.35. The molecule has 1 aromatic heterocycles. The van der Waals surface area contributed by atoms with Gasteiger partial charge in [0.25, 0.3) is 0 Å². The molecule has 0 radical (unpaired) electrons. The molecule has 0 saturated heterocycles. The van der Waals surface area contributed by atoms with Crippen LogP contribution in [0, 0.1) is 5.41 Å². The topological polar surface area (TPSA) is 58.0 Å². The van der Waals surface area contributed by atoms with Gasteiger partial charge in [-0.25, -0.2) is 0 Å². The average molecular weight is 262 g/mol. The first-order valence-electron chi connectivity index (χ1n) is 5.59. The molecule has 0 unspecified atom stereocenters. The molecule has 2 rings (SSSR count). The summed E-state index contributed by atoms with van der Waals surface area (Å²) in [4.78, 5) is 0. The molecule has 2 N–H and O–H groups in total. The molecule has 4 nitrogen and oxygen atoms in total. The Bertz CT molecular complexity index is 339. The standard InChI is InChI=1S/C10H16ClN3OS/c11-8-9(14-16-13-8)12-6-10(7-15)4-2-1-3-5-10/h15H,1-7H2,(H,12,14). The Kier molecular flexibility index (Phi) is 4.00. The Balaban J connectivity index is 1.94. The Labute approximate surface area is 104 Å². The second-order valence-electron chi connectivity index (χ2n) is 4.48. The molecule has 1 aliphatic carbocycles. The summed E-state index contributed by atoms with van der Waals surface area (Å²) in [5.41, 5.74) is 0.00515. The number of aliphatic hydroxyl groups is 1. The number of anilines is 1. The fraction of sp³-hybridized carbons (Fsp3) is 0.800. The lowest BCUT2D eigenvalue weighted by molar-refractivity contribution is 0.0943. The van der Waals surface area contributed by atoms with Gasteiger partial charge in [0.15, 0.2) is 11.0 Å². The summed E-state index contributed by atoms with van der Waals surface area (Å²) in [6.45, 7) is 0.962. The van der Waals surface area contributed by atoms with E-state index in [1.54, 1.807) is 0 Å². The van der Waals surface area contributed by atoms with Gasteiger partial charge in [0.2, 0.25) is 0 Å². The van der Waals surface area contributed by atoms with Crippen molar-refractivity contribution in [3.63, 3.8) is 0 Å². The molecule has 0 bridgehead atoms. The quantitative estimate of drug-likeness (QED) is 0.875. The highest BCUT2D eigenvalue weighted by Gasteiger charge is 2.31. The van der Waals surface area contributed by atoms with E-state index < -0.39 is 0 Å². The highest BCUT2D eigenvalue weighted by atomic mass is 35.5. The van der Waals surface area contributed by atoms with Crippen molar-refractivity contribution in [1.82, 2.24) is 8.75 Å². The van der Waals surface area contributed by atoms with Gasteiger partial charge < -0.3 is 10.4 Å². The van der Waals surface area contributed by atoms with Gasteiger partial charge in [0.05, 0.1) is 18.3 Å². The predicted octanol–water partition coefficient (Wildman–Crippen LogP) is 2.55. The fourth-order valence-corrected chi connectivity index (χ4v) is 2.93. The van der Waals surface area contributed by atoms with Gasteiger partial charge in [-0.2, -0.15) is 8.75 Å². The number of hydrogen-bond acceptors (Lipinski definition) is 5. The van der Waals surface area contributed by atoms with Crippen molar-refractivity contribution in [2.75, 3.05) is 18.5 Å². The minimum atomic E-state index is 0.00515. The summed E-state index contributed by atoms with van der Waals surface area (Å²) in [6, 6.07) is 0. The number of nitrogens with one attached hydrogen (secondary N) is 1. The molecule has 90 valence electrons. The summed E-state index contributed by atoms with van der Waals surface area (Å²) >= 11 is 6.96. The molecule has 6 heteroatoms. The van der Waals surface area contributed by atoms with Crippen LogP contribution in [0.3, 0.4) is 0 Å². The van der Waals surface area contributed by atoms with Crippen molar-refractivity contribution in [2.24, 2.45) is 5.41 Å². The maximum absolute atomic E-state index is 9.53. The smallest absolute Gasteiger partial charge is 0.186 e. The zero-order valence-electron chi connectivity index (χ0n) is 9.08. The van der Waals surface area contributed by atoms with E-state index >= 15 is 0 Å². The second-order valence-corrected chi connectivity index (χ2v) is 5.36. The Morgan fingerprint density at radius 2 is 2.06 bits per heavy atom. The van der Waals surface area contributed by atoms with Gasteiger partial charge in [0.1, 0.15) is 0 Å². The van der Waals surface area contributed by atoms with Crippen molar-refractivity contribution in [2.45, 2.75) is 32.1 Å². The summed E-state index contributed by atoms with van der Waals surface area (Å²) in [5.74, 6) is 0.644. The number of aliphatic hydroxyl groups excluding tert-OH is 1. The van der Waals surface area contributed by atoms with E-state index in [0.29, 0.717) is 11.0 Å². The first kappa shape index (κ1) is 12.1. The largest absolute Gasteiger partial charge is 0.396 e. The highest BCUT2D eigenvalue weighted by molar-refractivity contribution is 6.99. The van der Waals surface area contributed by atoms with Crippen molar-refractivity contribution in [3.8, 4) is 0 Å². The molecule has 1 heterocycles. The monoisotopic (exact) mass is 261 g/mol. The molecule has 1 saturated carbocycles. The van der Waals surface area contributed by atoms with E-state index in [0.717, 1.165) is 31.1 Å². The van der Waals surface area contributed by atoms with Crippen LogP contribution in [0.5, 0.6) is 0 Å². The molecule has 0 aliphatic heterocycles. The predicted molar refractivity (Wildman–Crippen MR) is 66.0 cm³/mol. The van der Waals surface area contributed by atoms with Crippen LogP contribution in [0.1, 0.15) is 32.1 Å². The van der Waals surface area contributed by atoms with Crippen LogP contribution in [0.15, 0.2) is 0 Å². The van der Waals surface area contributed by atoms with Crippen LogP contribution >= 0.6 is 23.3 Å². The lowest BCUT2D eigenvalue weighted by atomic mass is 9.74. The Morgan fingerprint density at radius 3 is 2.62 bits per heavy atom. The Morgan fingerprint density at radius 1 is 1.31 bits per heavy atom. The molecule has 1 fully saturated rings. The maximum Gasteiger partial charge on any atom is 0.186 e. The fourth-order valence-electron chi connectivity index (χ4n) is 2.25. The molecule has 1 aromatic rings. The van der Waals surface area contributed by atoms with Gasteiger partial charge in [-0.1, -0.05) is 30.9 Å². The van der Waals surface area contributed by atoms with E-state index in [-0.39, 0.29) is 12.0 Å². The number of hydrogen-bond donors (Lipinski definition) is 2. The molecule has 0 aromatic carbocycles. The first-order valence-corrected chi connectivity index (χ1v) is 6.69. The van der Waals surface area contributed by atoms with Crippen LogP contribution < -0.4 is 5.32 Å². The molecular formula is C10H16ClN3OS. The molecule has 16 heavy (non-hydrogen) atoms.